The Hall–Kier alpha value is -3.53. The number of carbonyl (C=O) groups excluding carboxylic acids is 1. The minimum atomic E-state index is -0.172. The summed E-state index contributed by atoms with van der Waals surface area (Å²) in [6.07, 6.45) is 9.91. The summed E-state index contributed by atoms with van der Waals surface area (Å²) in [6, 6.07) is 17.0. The van der Waals surface area contributed by atoms with Gasteiger partial charge in [-0.1, -0.05) is 56.3 Å². The Balaban J connectivity index is 1.64. The van der Waals surface area contributed by atoms with Crippen molar-refractivity contribution < 1.29 is 4.79 Å². The second kappa shape index (κ2) is 7.47. The third kappa shape index (κ3) is 3.49. The first-order valence-electron chi connectivity index (χ1n) is 9.61. The average Bonchev–Trinajstić information content (AvgIpc) is 2.95. The quantitative estimate of drug-likeness (QED) is 0.461. The van der Waals surface area contributed by atoms with Gasteiger partial charge in [-0.25, -0.2) is 4.98 Å². The molecule has 0 aliphatic carbocycles. The molecule has 3 aromatic rings. The molecule has 2 aromatic carbocycles. The van der Waals surface area contributed by atoms with Crippen molar-refractivity contribution in [2.45, 2.75) is 19.3 Å². The predicted octanol–water partition coefficient (Wildman–Crippen LogP) is 5.19. The predicted molar refractivity (Wildman–Crippen MR) is 117 cm³/mol. The zero-order valence-electron chi connectivity index (χ0n) is 16.8. The van der Waals surface area contributed by atoms with Gasteiger partial charge in [-0.15, -0.1) is 0 Å². The van der Waals surface area contributed by atoms with E-state index >= 15 is 0 Å². The van der Waals surface area contributed by atoms with Crippen molar-refractivity contribution in [2.24, 2.45) is 0 Å². The molecule has 2 heterocycles. The number of fused-ring (bicyclic) bond motifs is 1. The van der Waals surface area contributed by atoms with Gasteiger partial charge >= 0.3 is 0 Å². The second-order valence-corrected chi connectivity index (χ2v) is 7.65. The van der Waals surface area contributed by atoms with E-state index in [0.29, 0.717) is 5.69 Å². The van der Waals surface area contributed by atoms with E-state index in [9.17, 15) is 4.79 Å². The number of anilines is 1. The van der Waals surface area contributed by atoms with Gasteiger partial charge in [0.2, 0.25) is 5.78 Å². The largest absolute Gasteiger partial charge is 0.347 e. The number of benzene rings is 2. The lowest BCUT2D eigenvalue weighted by Crippen LogP contribution is -2.22. The first-order chi connectivity index (χ1) is 14.0. The van der Waals surface area contributed by atoms with E-state index in [1.165, 1.54) is 34.8 Å². The van der Waals surface area contributed by atoms with E-state index in [-0.39, 0.29) is 11.2 Å². The highest BCUT2D eigenvalue weighted by Gasteiger charge is 2.38. The molecule has 0 saturated heterocycles. The summed E-state index contributed by atoms with van der Waals surface area (Å²) < 4.78 is 0. The molecule has 0 saturated carbocycles. The summed E-state index contributed by atoms with van der Waals surface area (Å²) in [7, 11) is 2.07. The Kier molecular flexibility index (Phi) is 4.85. The molecule has 1 aliphatic heterocycles. The number of hydrogen-bond acceptors (Lipinski definition) is 4. The fourth-order valence-corrected chi connectivity index (χ4v) is 3.88. The van der Waals surface area contributed by atoms with E-state index in [1.54, 1.807) is 18.3 Å². The lowest BCUT2D eigenvalue weighted by Gasteiger charge is -2.23. The molecule has 0 atom stereocenters. The first-order valence-corrected chi connectivity index (χ1v) is 9.61. The molecule has 1 aliphatic rings. The Bertz CT molecular complexity index is 1100. The first kappa shape index (κ1) is 18.8. The van der Waals surface area contributed by atoms with Gasteiger partial charge in [0.05, 0.1) is 6.20 Å². The van der Waals surface area contributed by atoms with Gasteiger partial charge in [-0.05, 0) is 41.0 Å². The van der Waals surface area contributed by atoms with Crippen LogP contribution in [0.5, 0.6) is 0 Å². The van der Waals surface area contributed by atoms with Crippen molar-refractivity contribution in [3.05, 3.63) is 102 Å². The van der Waals surface area contributed by atoms with Crippen LogP contribution in [-0.2, 0) is 5.41 Å². The van der Waals surface area contributed by atoms with Crippen molar-refractivity contribution in [1.29, 1.82) is 0 Å². The molecule has 0 unspecified atom stereocenters. The maximum atomic E-state index is 12.2. The number of allylic oxidation sites excluding steroid dienone is 4. The van der Waals surface area contributed by atoms with E-state index in [0.717, 1.165) is 5.70 Å². The summed E-state index contributed by atoms with van der Waals surface area (Å²) >= 11 is 0. The zero-order valence-corrected chi connectivity index (χ0v) is 16.8. The van der Waals surface area contributed by atoms with Crippen LogP contribution in [0.1, 0.15) is 29.9 Å². The van der Waals surface area contributed by atoms with Gasteiger partial charge < -0.3 is 4.90 Å². The number of nitrogens with zero attached hydrogens (tertiary/aromatic N) is 3. The van der Waals surface area contributed by atoms with Crippen LogP contribution in [0.3, 0.4) is 0 Å². The van der Waals surface area contributed by atoms with Gasteiger partial charge in [-0.3, -0.25) is 9.78 Å². The molecule has 1 aromatic heterocycles. The van der Waals surface area contributed by atoms with Gasteiger partial charge in [-0.2, -0.15) is 0 Å². The molecule has 0 radical (unpaired) electrons. The monoisotopic (exact) mass is 381 g/mol. The Morgan fingerprint density at radius 3 is 2.55 bits per heavy atom. The SMILES string of the molecule is CN1C(=CC=CC(=O)c2cnccn2)C(C)(C)c2cc(-c3ccccc3)ccc21. The highest BCUT2D eigenvalue weighted by Crippen LogP contribution is 2.48. The number of rotatable bonds is 4. The molecule has 0 fully saturated rings. The summed E-state index contributed by atoms with van der Waals surface area (Å²) in [4.78, 5) is 22.4. The Labute approximate surface area is 171 Å². The van der Waals surface area contributed by atoms with Crippen molar-refractivity contribution in [2.75, 3.05) is 11.9 Å². The summed E-state index contributed by atoms with van der Waals surface area (Å²) in [6.45, 7) is 4.43. The van der Waals surface area contributed by atoms with Crippen LogP contribution in [0.25, 0.3) is 11.1 Å². The van der Waals surface area contributed by atoms with E-state index < -0.39 is 0 Å². The molecule has 0 bridgehead atoms. The molecule has 4 nitrogen and oxygen atoms in total. The van der Waals surface area contributed by atoms with Crippen molar-refractivity contribution in [3.8, 4) is 11.1 Å². The van der Waals surface area contributed by atoms with Gasteiger partial charge in [0, 0.05) is 36.2 Å². The minimum absolute atomic E-state index is 0.155. The van der Waals surface area contributed by atoms with Crippen LogP contribution in [-0.4, -0.2) is 22.8 Å². The number of likely N-dealkylation sites (N-methyl/N-ethyl adjacent to an activating group) is 1. The van der Waals surface area contributed by atoms with Crippen LogP contribution in [0.4, 0.5) is 5.69 Å². The molecule has 4 rings (SSSR count). The fraction of sp³-hybridized carbons (Fsp3) is 0.160. The van der Waals surface area contributed by atoms with Crippen LogP contribution < -0.4 is 4.90 Å². The van der Waals surface area contributed by atoms with Gasteiger partial charge in [0.15, 0.2) is 0 Å². The zero-order chi connectivity index (χ0) is 20.4. The summed E-state index contributed by atoms with van der Waals surface area (Å²) in [5, 5.41) is 0. The minimum Gasteiger partial charge on any atom is -0.347 e. The number of ketones is 1. The van der Waals surface area contributed by atoms with Gasteiger partial charge in [0.1, 0.15) is 5.69 Å². The van der Waals surface area contributed by atoms with Crippen LogP contribution in [0.15, 0.2) is 91.0 Å². The lowest BCUT2D eigenvalue weighted by molar-refractivity contribution is 0.104. The van der Waals surface area contributed by atoms with Crippen LogP contribution in [0, 0.1) is 0 Å². The summed E-state index contributed by atoms with van der Waals surface area (Å²) in [5.41, 5.74) is 6.20. The van der Waals surface area contributed by atoms with E-state index in [2.05, 4.69) is 78.2 Å². The topological polar surface area (TPSA) is 46.1 Å². The Morgan fingerprint density at radius 1 is 1.03 bits per heavy atom. The van der Waals surface area contributed by atoms with E-state index in [4.69, 9.17) is 0 Å². The van der Waals surface area contributed by atoms with Crippen molar-refractivity contribution >= 4 is 11.5 Å². The number of carbonyl (C=O) groups is 1. The number of hydrogen-bond donors (Lipinski definition) is 0. The molecule has 0 N–H and O–H groups in total. The smallest absolute Gasteiger partial charge is 0.205 e. The maximum Gasteiger partial charge on any atom is 0.205 e. The molecular formula is C25H23N3O. The molecule has 29 heavy (non-hydrogen) atoms. The summed E-state index contributed by atoms with van der Waals surface area (Å²) in [5.74, 6) is -0.155. The molecule has 0 spiro atoms. The second-order valence-electron chi connectivity index (χ2n) is 7.65. The molecule has 144 valence electrons. The van der Waals surface area contributed by atoms with Crippen LogP contribution in [0.2, 0.25) is 0 Å². The van der Waals surface area contributed by atoms with Crippen molar-refractivity contribution in [1.82, 2.24) is 9.97 Å². The highest BCUT2D eigenvalue weighted by atomic mass is 16.1. The molecule has 0 amide bonds. The fourth-order valence-electron chi connectivity index (χ4n) is 3.88. The lowest BCUT2D eigenvalue weighted by atomic mass is 9.82. The highest BCUT2D eigenvalue weighted by molar-refractivity contribution is 6.02. The van der Waals surface area contributed by atoms with Crippen molar-refractivity contribution in [3.63, 3.8) is 0 Å². The van der Waals surface area contributed by atoms with Crippen LogP contribution >= 0.6 is 0 Å². The molecule has 4 heteroatoms. The third-order valence-electron chi connectivity index (χ3n) is 5.46. The third-order valence-corrected chi connectivity index (χ3v) is 5.46. The van der Waals surface area contributed by atoms with E-state index in [1.807, 2.05) is 12.1 Å². The number of aromatic nitrogens is 2. The average molecular weight is 381 g/mol. The van der Waals surface area contributed by atoms with Gasteiger partial charge in [0.25, 0.3) is 0 Å². The molecular weight excluding hydrogens is 358 g/mol. The Morgan fingerprint density at radius 2 is 1.83 bits per heavy atom. The maximum absolute atomic E-state index is 12.2. The normalized spacial score (nSPS) is 16.4. The standard InChI is InChI=1S/C25H23N3O/c1-25(2)20-16-19(18-8-5-4-6-9-18)12-13-22(20)28(3)24(25)11-7-10-23(29)21-17-26-14-15-27-21/h4-17H,1-3H3.